The largest absolute Gasteiger partial charge is 0.378 e. The fourth-order valence-electron chi connectivity index (χ4n) is 3.98. The SMILES string of the molecule is CCNC(=NCc1cccnc1N1CCOCC1)N1CC=C(c2ccccc2)CC1. The van der Waals surface area contributed by atoms with Crippen molar-refractivity contribution in [2.45, 2.75) is 19.9 Å². The molecule has 158 valence electrons. The van der Waals surface area contributed by atoms with Crippen LogP contribution in [-0.4, -0.2) is 61.8 Å². The molecule has 1 fully saturated rings. The van der Waals surface area contributed by atoms with Gasteiger partial charge in [0.15, 0.2) is 5.96 Å². The van der Waals surface area contributed by atoms with Gasteiger partial charge in [-0.3, -0.25) is 0 Å². The van der Waals surface area contributed by atoms with Gasteiger partial charge in [-0.15, -0.1) is 0 Å². The number of morpholine rings is 1. The number of nitrogens with zero attached hydrogens (tertiary/aromatic N) is 4. The van der Waals surface area contributed by atoms with E-state index in [1.54, 1.807) is 0 Å². The maximum Gasteiger partial charge on any atom is 0.194 e. The van der Waals surface area contributed by atoms with Crippen molar-refractivity contribution in [1.29, 1.82) is 0 Å². The van der Waals surface area contributed by atoms with E-state index in [1.807, 2.05) is 12.3 Å². The van der Waals surface area contributed by atoms with Crippen molar-refractivity contribution in [2.75, 3.05) is 50.8 Å². The van der Waals surface area contributed by atoms with Gasteiger partial charge in [-0.1, -0.05) is 42.5 Å². The highest BCUT2D eigenvalue weighted by Gasteiger charge is 2.18. The fraction of sp³-hybridized carbons (Fsp3) is 0.417. The molecule has 6 heteroatoms. The Kier molecular flexibility index (Phi) is 6.98. The molecule has 1 aromatic heterocycles. The summed E-state index contributed by atoms with van der Waals surface area (Å²) in [6, 6.07) is 14.8. The number of benzene rings is 1. The second kappa shape index (κ2) is 10.3. The fourth-order valence-corrected chi connectivity index (χ4v) is 3.98. The van der Waals surface area contributed by atoms with E-state index in [9.17, 15) is 0 Å². The molecule has 0 bridgehead atoms. The van der Waals surface area contributed by atoms with Gasteiger partial charge in [0.1, 0.15) is 5.82 Å². The van der Waals surface area contributed by atoms with Crippen LogP contribution in [0, 0.1) is 0 Å². The number of guanidine groups is 1. The minimum absolute atomic E-state index is 0.620. The van der Waals surface area contributed by atoms with Crippen LogP contribution in [-0.2, 0) is 11.3 Å². The van der Waals surface area contributed by atoms with Crippen LogP contribution in [0.25, 0.3) is 5.57 Å². The highest BCUT2D eigenvalue weighted by atomic mass is 16.5. The van der Waals surface area contributed by atoms with Crippen molar-refractivity contribution in [2.24, 2.45) is 4.99 Å². The summed E-state index contributed by atoms with van der Waals surface area (Å²) >= 11 is 0. The molecule has 0 saturated carbocycles. The summed E-state index contributed by atoms with van der Waals surface area (Å²) in [4.78, 5) is 14.2. The molecule has 30 heavy (non-hydrogen) atoms. The van der Waals surface area contributed by atoms with Crippen molar-refractivity contribution < 1.29 is 4.74 Å². The van der Waals surface area contributed by atoms with Gasteiger partial charge in [0.25, 0.3) is 0 Å². The van der Waals surface area contributed by atoms with Gasteiger partial charge in [0, 0.05) is 44.5 Å². The summed E-state index contributed by atoms with van der Waals surface area (Å²) in [6.45, 7) is 8.71. The number of aliphatic imine (C=N–C) groups is 1. The lowest BCUT2D eigenvalue weighted by atomic mass is 10.00. The van der Waals surface area contributed by atoms with Gasteiger partial charge in [-0.25, -0.2) is 9.98 Å². The lowest BCUT2D eigenvalue weighted by Crippen LogP contribution is -2.43. The van der Waals surface area contributed by atoms with Crippen LogP contribution in [0.2, 0.25) is 0 Å². The number of aromatic nitrogens is 1. The second-order valence-corrected chi connectivity index (χ2v) is 7.55. The third kappa shape index (κ3) is 5.00. The molecule has 0 aliphatic carbocycles. The first-order valence-corrected chi connectivity index (χ1v) is 10.9. The van der Waals surface area contributed by atoms with Crippen LogP contribution in [0.5, 0.6) is 0 Å². The van der Waals surface area contributed by atoms with Crippen LogP contribution >= 0.6 is 0 Å². The third-order valence-corrected chi connectivity index (χ3v) is 5.57. The van der Waals surface area contributed by atoms with Gasteiger partial charge in [0.05, 0.1) is 19.8 Å². The molecule has 0 unspecified atom stereocenters. The number of anilines is 1. The number of hydrogen-bond acceptors (Lipinski definition) is 4. The van der Waals surface area contributed by atoms with Crippen molar-refractivity contribution in [3.63, 3.8) is 0 Å². The smallest absolute Gasteiger partial charge is 0.194 e. The van der Waals surface area contributed by atoms with Crippen molar-refractivity contribution in [3.8, 4) is 0 Å². The molecule has 0 atom stereocenters. The number of pyridine rings is 1. The molecular formula is C24H31N5O. The minimum atomic E-state index is 0.620. The third-order valence-electron chi connectivity index (χ3n) is 5.57. The van der Waals surface area contributed by atoms with E-state index in [1.165, 1.54) is 11.1 Å². The summed E-state index contributed by atoms with van der Waals surface area (Å²) < 4.78 is 5.49. The summed E-state index contributed by atoms with van der Waals surface area (Å²) in [5, 5.41) is 3.47. The first-order chi connectivity index (χ1) is 14.8. The van der Waals surface area contributed by atoms with Crippen LogP contribution in [0.1, 0.15) is 24.5 Å². The zero-order valence-electron chi connectivity index (χ0n) is 17.8. The average molecular weight is 406 g/mol. The number of hydrogen-bond donors (Lipinski definition) is 1. The summed E-state index contributed by atoms with van der Waals surface area (Å²) in [5.41, 5.74) is 3.90. The van der Waals surface area contributed by atoms with E-state index in [0.717, 1.165) is 69.7 Å². The Hall–Kier alpha value is -2.86. The molecule has 1 N–H and O–H groups in total. The topological polar surface area (TPSA) is 53.0 Å². The molecule has 2 aromatic rings. The van der Waals surface area contributed by atoms with Crippen LogP contribution in [0.15, 0.2) is 59.7 Å². The maximum atomic E-state index is 5.49. The molecule has 0 spiro atoms. The Morgan fingerprint density at radius 1 is 1.10 bits per heavy atom. The van der Waals surface area contributed by atoms with Crippen LogP contribution < -0.4 is 10.2 Å². The second-order valence-electron chi connectivity index (χ2n) is 7.55. The Labute approximate surface area is 179 Å². The van der Waals surface area contributed by atoms with Gasteiger partial charge < -0.3 is 19.9 Å². The van der Waals surface area contributed by atoms with E-state index in [2.05, 4.69) is 69.5 Å². The first kappa shape index (κ1) is 20.4. The van der Waals surface area contributed by atoms with E-state index >= 15 is 0 Å². The minimum Gasteiger partial charge on any atom is -0.378 e. The lowest BCUT2D eigenvalue weighted by Gasteiger charge is -2.30. The van der Waals surface area contributed by atoms with E-state index < -0.39 is 0 Å². The van der Waals surface area contributed by atoms with Crippen LogP contribution in [0.4, 0.5) is 5.82 Å². The first-order valence-electron chi connectivity index (χ1n) is 10.9. The molecule has 0 radical (unpaired) electrons. The predicted molar refractivity (Wildman–Crippen MR) is 123 cm³/mol. The van der Waals surface area contributed by atoms with E-state index in [0.29, 0.717) is 6.54 Å². The molecule has 1 aromatic carbocycles. The van der Waals surface area contributed by atoms with E-state index in [4.69, 9.17) is 9.73 Å². The van der Waals surface area contributed by atoms with Crippen molar-refractivity contribution in [3.05, 3.63) is 65.9 Å². The quantitative estimate of drug-likeness (QED) is 0.612. The van der Waals surface area contributed by atoms with Crippen molar-refractivity contribution in [1.82, 2.24) is 15.2 Å². The average Bonchev–Trinajstić information content (AvgIpc) is 2.83. The normalized spacial score (nSPS) is 17.6. The van der Waals surface area contributed by atoms with Gasteiger partial charge in [-0.2, -0.15) is 0 Å². The number of ether oxygens (including phenoxy) is 1. The molecule has 2 aliphatic heterocycles. The van der Waals surface area contributed by atoms with E-state index in [-0.39, 0.29) is 0 Å². The highest BCUT2D eigenvalue weighted by molar-refractivity contribution is 5.81. The summed E-state index contributed by atoms with van der Waals surface area (Å²) in [5.74, 6) is 2.00. The monoisotopic (exact) mass is 405 g/mol. The Morgan fingerprint density at radius 3 is 2.67 bits per heavy atom. The Morgan fingerprint density at radius 2 is 1.93 bits per heavy atom. The number of nitrogens with one attached hydrogen (secondary N) is 1. The van der Waals surface area contributed by atoms with Crippen LogP contribution in [0.3, 0.4) is 0 Å². The highest BCUT2D eigenvalue weighted by Crippen LogP contribution is 2.23. The van der Waals surface area contributed by atoms with Gasteiger partial charge >= 0.3 is 0 Å². The molecule has 3 heterocycles. The predicted octanol–water partition coefficient (Wildman–Crippen LogP) is 3.17. The molecule has 2 aliphatic rings. The van der Waals surface area contributed by atoms with Crippen molar-refractivity contribution >= 4 is 17.4 Å². The Balaban J connectivity index is 1.47. The number of rotatable bonds is 5. The molecular weight excluding hydrogens is 374 g/mol. The van der Waals surface area contributed by atoms with Gasteiger partial charge in [0.2, 0.25) is 0 Å². The summed E-state index contributed by atoms with van der Waals surface area (Å²) in [6.07, 6.45) is 5.22. The zero-order chi connectivity index (χ0) is 20.6. The van der Waals surface area contributed by atoms with Gasteiger partial charge in [-0.05, 0) is 30.5 Å². The standard InChI is InChI=1S/C24H31N5O/c1-2-25-24(29-13-10-21(11-14-29)20-7-4-3-5-8-20)27-19-22-9-6-12-26-23(22)28-15-17-30-18-16-28/h3-10,12H,2,11,13-19H2,1H3,(H,25,27). The lowest BCUT2D eigenvalue weighted by molar-refractivity contribution is 0.122. The zero-order valence-corrected chi connectivity index (χ0v) is 17.8. The molecule has 1 saturated heterocycles. The molecule has 6 nitrogen and oxygen atoms in total. The molecule has 0 amide bonds. The summed E-state index contributed by atoms with van der Waals surface area (Å²) in [7, 11) is 0. The Bertz CT molecular complexity index is 874. The molecule has 4 rings (SSSR count). The maximum absolute atomic E-state index is 5.49.